The van der Waals surface area contributed by atoms with Crippen LogP contribution in [-0.2, 0) is 4.74 Å². The SMILES string of the molecule is COC1=CC(=O)c2c(Sc3cccc(Cl)c3)cccc2C1=O. The van der Waals surface area contributed by atoms with E-state index < -0.39 is 0 Å². The smallest absolute Gasteiger partial charge is 0.228 e. The lowest BCUT2D eigenvalue weighted by Crippen LogP contribution is -2.18. The molecule has 0 spiro atoms. The second kappa shape index (κ2) is 5.99. The van der Waals surface area contributed by atoms with Gasteiger partial charge in [-0.05, 0) is 24.3 Å². The van der Waals surface area contributed by atoms with Crippen LogP contribution in [0.5, 0.6) is 0 Å². The molecule has 22 heavy (non-hydrogen) atoms. The summed E-state index contributed by atoms with van der Waals surface area (Å²) in [6.45, 7) is 0. The van der Waals surface area contributed by atoms with E-state index in [0.717, 1.165) is 9.79 Å². The summed E-state index contributed by atoms with van der Waals surface area (Å²) in [7, 11) is 1.38. The van der Waals surface area contributed by atoms with Crippen molar-refractivity contribution in [2.45, 2.75) is 9.79 Å². The fraction of sp³-hybridized carbons (Fsp3) is 0.0588. The summed E-state index contributed by atoms with van der Waals surface area (Å²) >= 11 is 7.39. The number of methoxy groups -OCH3 is 1. The topological polar surface area (TPSA) is 43.4 Å². The first-order chi connectivity index (χ1) is 10.6. The Morgan fingerprint density at radius 1 is 1.09 bits per heavy atom. The summed E-state index contributed by atoms with van der Waals surface area (Å²) in [6, 6.07) is 12.6. The van der Waals surface area contributed by atoms with Crippen molar-refractivity contribution in [1.29, 1.82) is 0 Å². The summed E-state index contributed by atoms with van der Waals surface area (Å²) in [5, 5.41) is 0.624. The molecule has 0 fully saturated rings. The molecule has 3 rings (SSSR count). The average molecular weight is 331 g/mol. The molecule has 0 aromatic heterocycles. The van der Waals surface area contributed by atoms with Crippen LogP contribution in [0.25, 0.3) is 0 Å². The first-order valence-corrected chi connectivity index (χ1v) is 7.71. The van der Waals surface area contributed by atoms with Gasteiger partial charge in [0.1, 0.15) is 0 Å². The number of fused-ring (bicyclic) bond motifs is 1. The fourth-order valence-electron chi connectivity index (χ4n) is 2.26. The van der Waals surface area contributed by atoms with Crippen molar-refractivity contribution in [3.05, 3.63) is 70.4 Å². The van der Waals surface area contributed by atoms with Crippen molar-refractivity contribution in [1.82, 2.24) is 0 Å². The number of rotatable bonds is 3. The molecule has 0 saturated carbocycles. The van der Waals surface area contributed by atoms with Crippen molar-refractivity contribution in [3.8, 4) is 0 Å². The Morgan fingerprint density at radius 3 is 2.59 bits per heavy atom. The van der Waals surface area contributed by atoms with Crippen molar-refractivity contribution < 1.29 is 14.3 Å². The molecular formula is C17H11ClO3S. The highest BCUT2D eigenvalue weighted by molar-refractivity contribution is 7.99. The lowest BCUT2D eigenvalue weighted by molar-refractivity contribution is 0.0915. The highest BCUT2D eigenvalue weighted by atomic mass is 35.5. The molecule has 0 bridgehead atoms. The number of carbonyl (C=O) groups is 2. The van der Waals surface area contributed by atoms with Crippen molar-refractivity contribution in [2.75, 3.05) is 7.11 Å². The van der Waals surface area contributed by atoms with Gasteiger partial charge in [-0.15, -0.1) is 0 Å². The molecule has 2 aromatic carbocycles. The molecule has 1 aliphatic rings. The zero-order chi connectivity index (χ0) is 15.7. The van der Waals surface area contributed by atoms with Gasteiger partial charge in [-0.25, -0.2) is 0 Å². The second-order valence-corrected chi connectivity index (χ2v) is 6.20. The highest BCUT2D eigenvalue weighted by Crippen LogP contribution is 2.35. The summed E-state index contributed by atoms with van der Waals surface area (Å²) in [5.74, 6) is -0.426. The first-order valence-electron chi connectivity index (χ1n) is 6.51. The Hall–Kier alpha value is -2.04. The molecule has 0 unspecified atom stereocenters. The number of ether oxygens (including phenoxy) is 1. The predicted molar refractivity (Wildman–Crippen MR) is 85.8 cm³/mol. The zero-order valence-corrected chi connectivity index (χ0v) is 13.2. The molecule has 0 amide bonds. The Kier molecular flexibility index (Phi) is 4.05. The van der Waals surface area contributed by atoms with Crippen molar-refractivity contribution >= 4 is 34.9 Å². The van der Waals surface area contributed by atoms with E-state index in [1.165, 1.54) is 24.9 Å². The number of Topliss-reactive ketones (excluding diaryl/α,β-unsaturated/α-hetero) is 1. The minimum absolute atomic E-state index is 0.0717. The maximum atomic E-state index is 12.3. The number of halogens is 1. The van der Waals surface area contributed by atoms with Crippen LogP contribution in [-0.4, -0.2) is 18.7 Å². The number of ketones is 2. The maximum Gasteiger partial charge on any atom is 0.228 e. The van der Waals surface area contributed by atoms with E-state index in [0.29, 0.717) is 16.1 Å². The first kappa shape index (κ1) is 14.9. The molecule has 0 heterocycles. The standard InChI is InChI=1S/C17H11ClO3S/c1-21-14-9-13(19)16-12(17(14)20)6-3-7-15(16)22-11-5-2-4-10(18)8-11/h2-9H,1H3. The third-order valence-electron chi connectivity index (χ3n) is 3.25. The lowest BCUT2D eigenvalue weighted by atomic mass is 9.93. The molecule has 0 saturated heterocycles. The van der Waals surface area contributed by atoms with E-state index in [2.05, 4.69) is 0 Å². The van der Waals surface area contributed by atoms with E-state index in [4.69, 9.17) is 16.3 Å². The summed E-state index contributed by atoms with van der Waals surface area (Å²) < 4.78 is 4.97. The van der Waals surface area contributed by atoms with Crippen LogP contribution >= 0.6 is 23.4 Å². The van der Waals surface area contributed by atoms with E-state index >= 15 is 0 Å². The van der Waals surface area contributed by atoms with Gasteiger partial charge in [0.05, 0.1) is 7.11 Å². The van der Waals surface area contributed by atoms with Gasteiger partial charge in [0.25, 0.3) is 0 Å². The summed E-state index contributed by atoms with van der Waals surface area (Å²) in [6.07, 6.45) is 1.24. The fourth-order valence-corrected chi connectivity index (χ4v) is 3.56. The lowest BCUT2D eigenvalue weighted by Gasteiger charge is -2.17. The monoisotopic (exact) mass is 330 g/mol. The Balaban J connectivity index is 2.06. The van der Waals surface area contributed by atoms with Crippen LogP contribution in [0.1, 0.15) is 20.7 Å². The molecule has 110 valence electrons. The summed E-state index contributed by atoms with van der Waals surface area (Å²) in [5.41, 5.74) is 0.787. The molecule has 0 radical (unpaired) electrons. The quantitative estimate of drug-likeness (QED) is 0.836. The molecule has 3 nitrogen and oxygen atoms in total. The van der Waals surface area contributed by atoms with Gasteiger partial charge < -0.3 is 4.74 Å². The highest BCUT2D eigenvalue weighted by Gasteiger charge is 2.28. The maximum absolute atomic E-state index is 12.3. The largest absolute Gasteiger partial charge is 0.492 e. The molecule has 0 atom stereocenters. The van der Waals surface area contributed by atoms with Gasteiger partial charge in [-0.1, -0.05) is 41.6 Å². The van der Waals surface area contributed by atoms with Crippen LogP contribution in [0, 0.1) is 0 Å². The van der Waals surface area contributed by atoms with Crippen molar-refractivity contribution in [2.24, 2.45) is 0 Å². The molecular weight excluding hydrogens is 320 g/mol. The number of allylic oxidation sites excluding steroid dienone is 2. The zero-order valence-electron chi connectivity index (χ0n) is 11.6. The molecule has 5 heteroatoms. The van der Waals surface area contributed by atoms with E-state index in [9.17, 15) is 9.59 Å². The van der Waals surface area contributed by atoms with Crippen LogP contribution in [0.15, 0.2) is 64.1 Å². The Bertz CT molecular complexity index is 811. The van der Waals surface area contributed by atoms with Gasteiger partial charge in [-0.3, -0.25) is 9.59 Å². The predicted octanol–water partition coefficient (Wildman–Crippen LogP) is 4.40. The number of carbonyl (C=O) groups excluding carboxylic acids is 2. The molecule has 0 aliphatic heterocycles. The third kappa shape index (κ3) is 2.67. The number of hydrogen-bond acceptors (Lipinski definition) is 4. The van der Waals surface area contributed by atoms with Crippen LogP contribution in [0.2, 0.25) is 5.02 Å². The number of hydrogen-bond donors (Lipinski definition) is 0. The second-order valence-electron chi connectivity index (χ2n) is 4.64. The minimum Gasteiger partial charge on any atom is -0.492 e. The van der Waals surface area contributed by atoms with Gasteiger partial charge in [0, 0.05) is 32.0 Å². The van der Waals surface area contributed by atoms with E-state index in [-0.39, 0.29) is 17.3 Å². The molecule has 0 N–H and O–H groups in total. The average Bonchev–Trinajstić information content (AvgIpc) is 2.51. The van der Waals surface area contributed by atoms with Gasteiger partial charge in [0.15, 0.2) is 11.5 Å². The van der Waals surface area contributed by atoms with Crippen LogP contribution in [0.3, 0.4) is 0 Å². The van der Waals surface area contributed by atoms with Gasteiger partial charge in [-0.2, -0.15) is 0 Å². The van der Waals surface area contributed by atoms with Crippen molar-refractivity contribution in [3.63, 3.8) is 0 Å². The van der Waals surface area contributed by atoms with Crippen LogP contribution in [0.4, 0.5) is 0 Å². The van der Waals surface area contributed by atoms with E-state index in [1.54, 1.807) is 18.2 Å². The molecule has 2 aromatic rings. The van der Waals surface area contributed by atoms with Gasteiger partial charge >= 0.3 is 0 Å². The van der Waals surface area contributed by atoms with E-state index in [1.807, 2.05) is 24.3 Å². The number of benzene rings is 2. The minimum atomic E-state index is -0.273. The third-order valence-corrected chi connectivity index (χ3v) is 4.53. The van der Waals surface area contributed by atoms with Crippen LogP contribution < -0.4 is 0 Å². The normalized spacial score (nSPS) is 13.6. The molecule has 1 aliphatic carbocycles. The Morgan fingerprint density at radius 2 is 1.86 bits per heavy atom. The van der Waals surface area contributed by atoms with Gasteiger partial charge in [0.2, 0.25) is 5.78 Å². The Labute approximate surface area is 136 Å². The summed E-state index contributed by atoms with van der Waals surface area (Å²) in [4.78, 5) is 26.2.